The molecule has 0 bridgehead atoms. The summed E-state index contributed by atoms with van der Waals surface area (Å²) in [6, 6.07) is 11.2. The van der Waals surface area contributed by atoms with Gasteiger partial charge in [-0.05, 0) is 49.4 Å². The minimum atomic E-state index is -1.20. The van der Waals surface area contributed by atoms with Gasteiger partial charge in [0.05, 0.1) is 30.4 Å². The molecule has 130 valence electrons. The van der Waals surface area contributed by atoms with E-state index in [0.29, 0.717) is 17.1 Å². The number of ether oxygens (including phenoxy) is 2. The van der Waals surface area contributed by atoms with Crippen molar-refractivity contribution >= 4 is 29.7 Å². The first kappa shape index (κ1) is 18.5. The molecule has 2 aromatic carbocycles. The van der Waals surface area contributed by atoms with E-state index in [9.17, 15) is 14.4 Å². The van der Waals surface area contributed by atoms with E-state index in [0.717, 1.165) is 4.90 Å². The van der Waals surface area contributed by atoms with Gasteiger partial charge >= 0.3 is 17.9 Å². The van der Waals surface area contributed by atoms with Crippen LogP contribution in [0.1, 0.15) is 38.0 Å². The van der Waals surface area contributed by atoms with E-state index < -0.39 is 17.9 Å². The molecule has 0 heterocycles. The van der Waals surface area contributed by atoms with Crippen LogP contribution in [0.2, 0.25) is 0 Å². The van der Waals surface area contributed by atoms with Crippen molar-refractivity contribution in [3.63, 3.8) is 0 Å². The summed E-state index contributed by atoms with van der Waals surface area (Å²) in [7, 11) is 1.20. The Morgan fingerprint density at radius 1 is 0.960 bits per heavy atom. The van der Waals surface area contributed by atoms with Crippen molar-refractivity contribution in [1.82, 2.24) is 0 Å². The Bertz CT molecular complexity index is 798. The van der Waals surface area contributed by atoms with Crippen LogP contribution >= 0.6 is 11.8 Å². The summed E-state index contributed by atoms with van der Waals surface area (Å²) in [4.78, 5) is 36.1. The monoisotopic (exact) mass is 360 g/mol. The Morgan fingerprint density at radius 2 is 1.60 bits per heavy atom. The second-order valence-corrected chi connectivity index (χ2v) is 6.00. The van der Waals surface area contributed by atoms with Gasteiger partial charge < -0.3 is 14.6 Å². The molecule has 7 heteroatoms. The van der Waals surface area contributed by atoms with E-state index >= 15 is 0 Å². The lowest BCUT2D eigenvalue weighted by atomic mass is 10.1. The molecule has 0 aliphatic rings. The summed E-state index contributed by atoms with van der Waals surface area (Å²) < 4.78 is 9.56. The number of carbonyl (C=O) groups is 3. The third-order valence-electron chi connectivity index (χ3n) is 3.23. The summed E-state index contributed by atoms with van der Waals surface area (Å²) in [6.45, 7) is 2.05. The van der Waals surface area contributed by atoms with Crippen LogP contribution in [0.25, 0.3) is 0 Å². The summed E-state index contributed by atoms with van der Waals surface area (Å²) in [6.07, 6.45) is 0. The molecule has 25 heavy (non-hydrogen) atoms. The lowest BCUT2D eigenvalue weighted by Crippen LogP contribution is -2.10. The maximum atomic E-state index is 11.8. The molecule has 0 spiro atoms. The van der Waals surface area contributed by atoms with Gasteiger partial charge in [-0.3, -0.25) is 0 Å². The number of carboxylic acid groups (broad SMARTS) is 1. The summed E-state index contributed by atoms with van der Waals surface area (Å²) in [5.41, 5.74) is 0.319. The number of aromatic carboxylic acids is 1. The molecule has 2 rings (SSSR count). The number of hydrogen-bond donors (Lipinski definition) is 1. The summed E-state index contributed by atoms with van der Waals surface area (Å²) >= 11 is 1.33. The molecular formula is C18H16O6S. The van der Waals surface area contributed by atoms with Gasteiger partial charge in [0.1, 0.15) is 0 Å². The SMILES string of the molecule is CCOC(=O)c1ccc(Sc2ccc(C(=O)O)c(C(=O)OC)c2)cc1. The van der Waals surface area contributed by atoms with Gasteiger partial charge in [0.15, 0.2) is 0 Å². The van der Waals surface area contributed by atoms with Crippen LogP contribution in [-0.2, 0) is 9.47 Å². The first-order valence-corrected chi connectivity index (χ1v) is 8.18. The van der Waals surface area contributed by atoms with Crippen molar-refractivity contribution in [3.8, 4) is 0 Å². The molecule has 0 amide bonds. The predicted molar refractivity (Wildman–Crippen MR) is 91.3 cm³/mol. The zero-order valence-electron chi connectivity index (χ0n) is 13.6. The number of carboxylic acids is 1. The van der Waals surface area contributed by atoms with E-state index in [2.05, 4.69) is 4.74 Å². The zero-order valence-corrected chi connectivity index (χ0v) is 14.5. The topological polar surface area (TPSA) is 89.9 Å². The first-order chi connectivity index (χ1) is 12.0. The Hall–Kier alpha value is -2.80. The van der Waals surface area contributed by atoms with Crippen molar-refractivity contribution in [1.29, 1.82) is 0 Å². The minimum absolute atomic E-state index is 0.0110. The molecule has 0 saturated carbocycles. The van der Waals surface area contributed by atoms with Crippen LogP contribution in [0.4, 0.5) is 0 Å². The summed E-state index contributed by atoms with van der Waals surface area (Å²) in [5, 5.41) is 9.16. The second-order valence-electron chi connectivity index (χ2n) is 4.85. The third kappa shape index (κ3) is 4.60. The van der Waals surface area contributed by atoms with E-state index in [1.165, 1.54) is 31.0 Å². The van der Waals surface area contributed by atoms with Gasteiger partial charge in [0.2, 0.25) is 0 Å². The van der Waals surface area contributed by atoms with E-state index in [-0.39, 0.29) is 11.1 Å². The average molecular weight is 360 g/mol. The van der Waals surface area contributed by atoms with Crippen LogP contribution < -0.4 is 0 Å². The fraction of sp³-hybridized carbons (Fsp3) is 0.167. The maximum absolute atomic E-state index is 11.8. The van der Waals surface area contributed by atoms with Crippen molar-refractivity contribution in [2.75, 3.05) is 13.7 Å². The molecule has 2 aromatic rings. The largest absolute Gasteiger partial charge is 0.478 e. The van der Waals surface area contributed by atoms with Crippen molar-refractivity contribution < 1.29 is 29.0 Å². The highest BCUT2D eigenvalue weighted by Crippen LogP contribution is 2.30. The molecule has 0 atom stereocenters. The normalized spacial score (nSPS) is 10.2. The van der Waals surface area contributed by atoms with Crippen LogP contribution in [0.5, 0.6) is 0 Å². The van der Waals surface area contributed by atoms with Gasteiger partial charge in [0.25, 0.3) is 0 Å². The number of rotatable bonds is 6. The van der Waals surface area contributed by atoms with Gasteiger partial charge in [0, 0.05) is 9.79 Å². The van der Waals surface area contributed by atoms with E-state index in [1.807, 2.05) is 0 Å². The van der Waals surface area contributed by atoms with Crippen LogP contribution in [0, 0.1) is 0 Å². The number of methoxy groups -OCH3 is 1. The van der Waals surface area contributed by atoms with Gasteiger partial charge in [-0.25, -0.2) is 14.4 Å². The number of hydrogen-bond acceptors (Lipinski definition) is 6. The molecule has 0 aliphatic carbocycles. The number of benzene rings is 2. The smallest absolute Gasteiger partial charge is 0.338 e. The molecule has 0 saturated heterocycles. The van der Waals surface area contributed by atoms with Gasteiger partial charge in [-0.1, -0.05) is 11.8 Å². The maximum Gasteiger partial charge on any atom is 0.338 e. The Balaban J connectivity index is 2.24. The first-order valence-electron chi connectivity index (χ1n) is 7.37. The minimum Gasteiger partial charge on any atom is -0.478 e. The van der Waals surface area contributed by atoms with Crippen LogP contribution in [0.15, 0.2) is 52.3 Å². The van der Waals surface area contributed by atoms with Crippen molar-refractivity contribution in [2.24, 2.45) is 0 Å². The van der Waals surface area contributed by atoms with Crippen LogP contribution in [-0.4, -0.2) is 36.7 Å². The molecule has 0 unspecified atom stereocenters. The lowest BCUT2D eigenvalue weighted by Gasteiger charge is -2.08. The fourth-order valence-corrected chi connectivity index (χ4v) is 2.92. The number of esters is 2. The highest BCUT2D eigenvalue weighted by molar-refractivity contribution is 7.99. The van der Waals surface area contributed by atoms with Crippen LogP contribution in [0.3, 0.4) is 0 Å². The molecular weight excluding hydrogens is 344 g/mol. The zero-order chi connectivity index (χ0) is 18.4. The van der Waals surface area contributed by atoms with Crippen molar-refractivity contribution in [2.45, 2.75) is 16.7 Å². The average Bonchev–Trinajstić information content (AvgIpc) is 2.61. The lowest BCUT2D eigenvalue weighted by molar-refractivity contribution is 0.0525. The molecule has 0 radical (unpaired) electrons. The van der Waals surface area contributed by atoms with E-state index in [4.69, 9.17) is 9.84 Å². The van der Waals surface area contributed by atoms with Gasteiger partial charge in [-0.15, -0.1) is 0 Å². The highest BCUT2D eigenvalue weighted by Gasteiger charge is 2.18. The Labute approximate surface area is 148 Å². The van der Waals surface area contributed by atoms with E-state index in [1.54, 1.807) is 37.3 Å². The summed E-state index contributed by atoms with van der Waals surface area (Å²) in [5.74, 6) is -2.30. The number of carbonyl (C=O) groups excluding carboxylic acids is 2. The fourth-order valence-electron chi connectivity index (χ4n) is 2.06. The standard InChI is InChI=1S/C18H16O6S/c1-3-24-17(21)11-4-6-12(7-5-11)25-13-8-9-14(16(19)20)15(10-13)18(22)23-2/h4-10H,3H2,1-2H3,(H,19,20). The molecule has 1 N–H and O–H groups in total. The van der Waals surface area contributed by atoms with Crippen molar-refractivity contribution in [3.05, 3.63) is 59.2 Å². The Kier molecular flexibility index (Phi) is 6.19. The highest BCUT2D eigenvalue weighted by atomic mass is 32.2. The molecule has 6 nitrogen and oxygen atoms in total. The molecule has 0 aromatic heterocycles. The predicted octanol–water partition coefficient (Wildman–Crippen LogP) is 3.50. The molecule has 0 aliphatic heterocycles. The third-order valence-corrected chi connectivity index (χ3v) is 4.23. The second kappa shape index (κ2) is 8.34. The quantitative estimate of drug-likeness (QED) is 0.789. The molecule has 0 fully saturated rings. The van der Waals surface area contributed by atoms with Gasteiger partial charge in [-0.2, -0.15) is 0 Å². The Morgan fingerprint density at radius 3 is 2.16 bits per heavy atom.